The summed E-state index contributed by atoms with van der Waals surface area (Å²) in [4.78, 5) is 27.4. The summed E-state index contributed by atoms with van der Waals surface area (Å²) in [6.45, 7) is 2.58. The number of likely N-dealkylation sites (tertiary alicyclic amines) is 1. The van der Waals surface area contributed by atoms with Gasteiger partial charge >= 0.3 is 13.3 Å². The van der Waals surface area contributed by atoms with Crippen molar-refractivity contribution in [3.8, 4) is 6.07 Å². The molecule has 0 saturated carbocycles. The molecule has 1 heterocycles. The van der Waals surface area contributed by atoms with E-state index in [0.717, 1.165) is 6.42 Å². The third kappa shape index (κ3) is 11.5. The lowest BCUT2D eigenvalue weighted by atomic mass is 9.76. The summed E-state index contributed by atoms with van der Waals surface area (Å²) in [7, 11) is -1.94. The standard InChI is InChI=1S/C26H38BF3N4O5/c1-18(2)10-11-20(14-31)25(36)34-12-6-9-21(34)15-39-16-22(32-17-26(28,29)30)24(35)33-23(27(37)38)13-19-7-4-3-5-8-19/h3-5,7-8,18,20-23,32,37-38H,6,9-13,15-17H2,1-2H3,(H,33,35)/t20?,21-,22+,23+/m1/s1. The summed E-state index contributed by atoms with van der Waals surface area (Å²) >= 11 is 0. The average Bonchev–Trinajstić information content (AvgIpc) is 3.34. The van der Waals surface area contributed by atoms with Crippen molar-refractivity contribution >= 4 is 18.9 Å². The first-order valence-corrected chi connectivity index (χ1v) is 13.2. The number of amides is 2. The molecule has 2 amide bonds. The summed E-state index contributed by atoms with van der Waals surface area (Å²) < 4.78 is 44.3. The number of hydrogen-bond donors (Lipinski definition) is 4. The van der Waals surface area contributed by atoms with E-state index in [1.165, 1.54) is 0 Å². The van der Waals surface area contributed by atoms with Crippen LogP contribution in [0.4, 0.5) is 13.2 Å². The van der Waals surface area contributed by atoms with Crippen LogP contribution in [0.15, 0.2) is 30.3 Å². The number of hydrogen-bond acceptors (Lipinski definition) is 7. The van der Waals surface area contributed by atoms with Gasteiger partial charge in [0.2, 0.25) is 11.8 Å². The predicted octanol–water partition coefficient (Wildman–Crippen LogP) is 1.83. The quantitative estimate of drug-likeness (QED) is 0.243. The predicted molar refractivity (Wildman–Crippen MR) is 139 cm³/mol. The highest BCUT2D eigenvalue weighted by Gasteiger charge is 2.35. The van der Waals surface area contributed by atoms with E-state index in [9.17, 15) is 38.1 Å². The van der Waals surface area contributed by atoms with Crippen molar-refractivity contribution in [2.45, 2.75) is 70.2 Å². The smallest absolute Gasteiger partial charge is 0.426 e. The van der Waals surface area contributed by atoms with Gasteiger partial charge in [0, 0.05) is 6.54 Å². The maximum atomic E-state index is 13.0. The van der Waals surface area contributed by atoms with Crippen molar-refractivity contribution in [1.29, 1.82) is 5.26 Å². The molecule has 0 spiro atoms. The summed E-state index contributed by atoms with van der Waals surface area (Å²) in [5.41, 5.74) is 0.696. The first-order chi connectivity index (χ1) is 18.4. The monoisotopic (exact) mass is 554 g/mol. The number of nitrogens with zero attached hydrogens (tertiary/aromatic N) is 2. The Kier molecular flexibility index (Phi) is 13.2. The first-order valence-electron chi connectivity index (χ1n) is 13.2. The lowest BCUT2D eigenvalue weighted by Gasteiger charge is -2.28. The van der Waals surface area contributed by atoms with Gasteiger partial charge in [-0.1, -0.05) is 44.2 Å². The fourth-order valence-electron chi connectivity index (χ4n) is 4.41. The Hall–Kier alpha value is -2.66. The van der Waals surface area contributed by atoms with Crippen LogP contribution in [-0.2, 0) is 20.7 Å². The van der Waals surface area contributed by atoms with Gasteiger partial charge in [0.25, 0.3) is 0 Å². The van der Waals surface area contributed by atoms with Gasteiger partial charge in [0.15, 0.2) is 0 Å². The van der Waals surface area contributed by atoms with Crippen LogP contribution in [0.25, 0.3) is 0 Å². The van der Waals surface area contributed by atoms with E-state index in [0.29, 0.717) is 37.3 Å². The van der Waals surface area contributed by atoms with Gasteiger partial charge < -0.3 is 25.0 Å². The second kappa shape index (κ2) is 15.8. The molecule has 0 radical (unpaired) electrons. The molecule has 1 aromatic carbocycles. The molecule has 4 atom stereocenters. The van der Waals surface area contributed by atoms with E-state index in [-0.39, 0.29) is 25.0 Å². The van der Waals surface area contributed by atoms with E-state index >= 15 is 0 Å². The molecule has 1 fully saturated rings. The molecule has 1 unspecified atom stereocenters. The van der Waals surface area contributed by atoms with Crippen molar-refractivity contribution in [3.63, 3.8) is 0 Å². The summed E-state index contributed by atoms with van der Waals surface area (Å²) in [5.74, 6) is -2.75. The number of nitrogens with one attached hydrogen (secondary N) is 2. The molecule has 0 aromatic heterocycles. The third-order valence-corrected chi connectivity index (χ3v) is 6.59. The summed E-state index contributed by atoms with van der Waals surface area (Å²) in [6, 6.07) is 8.96. The van der Waals surface area contributed by atoms with E-state index in [2.05, 4.69) is 16.7 Å². The minimum absolute atomic E-state index is 0.0123. The highest BCUT2D eigenvalue weighted by Crippen LogP contribution is 2.23. The molecule has 1 saturated heterocycles. The van der Waals surface area contributed by atoms with Crippen LogP contribution in [0.5, 0.6) is 0 Å². The molecule has 1 aromatic rings. The van der Waals surface area contributed by atoms with Gasteiger partial charge in [0.1, 0.15) is 12.0 Å². The molecule has 216 valence electrons. The molecule has 0 aliphatic carbocycles. The lowest BCUT2D eigenvalue weighted by Crippen LogP contribution is -2.56. The van der Waals surface area contributed by atoms with Crippen LogP contribution >= 0.6 is 0 Å². The number of rotatable bonds is 15. The topological polar surface area (TPSA) is 135 Å². The van der Waals surface area contributed by atoms with E-state index in [1.807, 2.05) is 13.8 Å². The molecule has 9 nitrogen and oxygen atoms in total. The van der Waals surface area contributed by atoms with Gasteiger partial charge in [0.05, 0.1) is 37.8 Å². The highest BCUT2D eigenvalue weighted by atomic mass is 19.4. The van der Waals surface area contributed by atoms with Crippen molar-refractivity contribution < 1.29 is 37.5 Å². The van der Waals surface area contributed by atoms with Crippen molar-refractivity contribution in [3.05, 3.63) is 35.9 Å². The van der Waals surface area contributed by atoms with Crippen LogP contribution < -0.4 is 10.6 Å². The molecular formula is C26H38BF3N4O5. The molecule has 0 bridgehead atoms. The Morgan fingerprint density at radius 1 is 1.23 bits per heavy atom. The maximum absolute atomic E-state index is 13.0. The number of carbonyl (C=O) groups is 2. The Bertz CT molecular complexity index is 946. The minimum Gasteiger partial charge on any atom is -0.426 e. The van der Waals surface area contributed by atoms with Crippen LogP contribution in [0.2, 0.25) is 0 Å². The SMILES string of the molecule is CC(C)CCC(C#N)C(=O)N1CCC[C@@H]1COC[C@H](NCC(F)(F)F)C(=O)N[C@@H](Cc1ccccc1)B(O)O. The van der Waals surface area contributed by atoms with Crippen molar-refractivity contribution in [2.75, 3.05) is 26.3 Å². The number of alkyl halides is 3. The van der Waals surface area contributed by atoms with Crippen LogP contribution in [-0.4, -0.2) is 84.4 Å². The first kappa shape index (κ1) is 32.6. The van der Waals surface area contributed by atoms with E-state index in [4.69, 9.17) is 4.74 Å². The zero-order chi connectivity index (χ0) is 29.0. The lowest BCUT2D eigenvalue weighted by molar-refractivity contribution is -0.138. The highest BCUT2D eigenvalue weighted by molar-refractivity contribution is 6.43. The Balaban J connectivity index is 2.01. The zero-order valence-corrected chi connectivity index (χ0v) is 22.4. The van der Waals surface area contributed by atoms with Gasteiger partial charge in [-0.25, -0.2) is 0 Å². The van der Waals surface area contributed by atoms with Crippen molar-refractivity contribution in [1.82, 2.24) is 15.5 Å². The van der Waals surface area contributed by atoms with Crippen LogP contribution in [0.3, 0.4) is 0 Å². The molecule has 13 heteroatoms. The second-order valence-corrected chi connectivity index (χ2v) is 10.3. The minimum atomic E-state index is -4.59. The largest absolute Gasteiger partial charge is 0.475 e. The molecule has 4 N–H and O–H groups in total. The van der Waals surface area contributed by atoms with E-state index in [1.54, 1.807) is 35.2 Å². The van der Waals surface area contributed by atoms with Crippen molar-refractivity contribution in [2.24, 2.45) is 11.8 Å². The zero-order valence-electron chi connectivity index (χ0n) is 22.4. The number of halogens is 3. The van der Waals surface area contributed by atoms with Gasteiger partial charge in [-0.05, 0) is 43.6 Å². The number of nitriles is 1. The second-order valence-electron chi connectivity index (χ2n) is 10.3. The molecule has 2 rings (SSSR count). The van der Waals surface area contributed by atoms with Gasteiger partial charge in [-0.2, -0.15) is 18.4 Å². The Labute approximate surface area is 227 Å². The molecular weight excluding hydrogens is 516 g/mol. The average molecular weight is 554 g/mol. The molecule has 39 heavy (non-hydrogen) atoms. The summed E-state index contributed by atoms with van der Waals surface area (Å²) in [6.07, 6.45) is -2.05. The van der Waals surface area contributed by atoms with Crippen LogP contribution in [0.1, 0.15) is 45.1 Å². The fourth-order valence-corrected chi connectivity index (χ4v) is 4.41. The van der Waals surface area contributed by atoms with Gasteiger partial charge in [-0.3, -0.25) is 14.9 Å². The number of ether oxygens (including phenoxy) is 1. The maximum Gasteiger partial charge on any atom is 0.475 e. The third-order valence-electron chi connectivity index (χ3n) is 6.59. The Morgan fingerprint density at radius 3 is 2.51 bits per heavy atom. The number of benzene rings is 1. The fraction of sp³-hybridized carbons (Fsp3) is 0.654. The number of carbonyl (C=O) groups excluding carboxylic acids is 2. The molecule has 1 aliphatic heterocycles. The van der Waals surface area contributed by atoms with E-state index < -0.39 is 50.3 Å². The Morgan fingerprint density at radius 2 is 1.92 bits per heavy atom. The van der Waals surface area contributed by atoms with Gasteiger partial charge in [-0.15, -0.1) is 0 Å². The van der Waals surface area contributed by atoms with Crippen LogP contribution in [0, 0.1) is 23.2 Å². The summed E-state index contributed by atoms with van der Waals surface area (Å²) in [5, 5.41) is 33.5. The normalized spacial score (nSPS) is 17.9. The molecule has 1 aliphatic rings.